The van der Waals surface area contributed by atoms with E-state index in [1.807, 2.05) is 69.3 Å². The van der Waals surface area contributed by atoms with E-state index >= 15 is 0 Å². The van der Waals surface area contributed by atoms with Gasteiger partial charge in [0.1, 0.15) is 11.6 Å². The summed E-state index contributed by atoms with van der Waals surface area (Å²) in [5, 5.41) is 7.39. The molecule has 1 saturated heterocycles. The van der Waals surface area contributed by atoms with E-state index in [2.05, 4.69) is 36.3 Å². The largest absolute Gasteiger partial charge is 0.444 e. The maximum absolute atomic E-state index is 14.3. The standard InChI is InChI=1S/C40H57ClN4O4/c1-38(2,3)43-36(47)40(31-14-8-7-9-15-31)20-22-44(23-21-40)27-33(24-28-16-18-32(41)19-17-28)42-35(46)34-25-29-12-10-11-13-30(29)26-45(34)37(48)49-39(4,5)6/h10-13,16-19,31,33-34H,7-9,14-15,20-27H2,1-6H3,(H,42,46)(H,43,47)/t33-,34+/m0/s1. The first-order chi connectivity index (χ1) is 23.1. The van der Waals surface area contributed by atoms with E-state index in [4.69, 9.17) is 16.3 Å². The average molecular weight is 693 g/mol. The third-order valence-corrected chi connectivity index (χ3v) is 10.7. The number of hydrogen-bond donors (Lipinski definition) is 2. The summed E-state index contributed by atoms with van der Waals surface area (Å²) in [5.74, 6) is 0.429. The topological polar surface area (TPSA) is 91.0 Å². The number of ether oxygens (including phenoxy) is 1. The Morgan fingerprint density at radius 1 is 0.918 bits per heavy atom. The molecule has 5 rings (SSSR count). The lowest BCUT2D eigenvalue weighted by atomic mass is 9.63. The second kappa shape index (κ2) is 15.4. The van der Waals surface area contributed by atoms with Crippen molar-refractivity contribution in [2.75, 3.05) is 19.6 Å². The summed E-state index contributed by atoms with van der Waals surface area (Å²) in [7, 11) is 0. The van der Waals surface area contributed by atoms with Gasteiger partial charge >= 0.3 is 6.09 Å². The number of hydrogen-bond acceptors (Lipinski definition) is 5. The fraction of sp³-hybridized carbons (Fsp3) is 0.625. The minimum absolute atomic E-state index is 0.183. The molecule has 0 aromatic heterocycles. The zero-order valence-corrected chi connectivity index (χ0v) is 31.2. The summed E-state index contributed by atoms with van der Waals surface area (Å²) >= 11 is 6.22. The molecular weight excluding hydrogens is 636 g/mol. The monoisotopic (exact) mass is 692 g/mol. The van der Waals surface area contributed by atoms with Crippen LogP contribution >= 0.6 is 11.6 Å². The molecule has 0 spiro atoms. The van der Waals surface area contributed by atoms with Crippen molar-refractivity contribution in [3.63, 3.8) is 0 Å². The van der Waals surface area contributed by atoms with Crippen LogP contribution in [0.2, 0.25) is 5.02 Å². The van der Waals surface area contributed by atoms with Crippen molar-refractivity contribution in [3.8, 4) is 0 Å². The number of fused-ring (bicyclic) bond motifs is 1. The van der Waals surface area contributed by atoms with Crippen LogP contribution in [0.4, 0.5) is 4.79 Å². The number of carbonyl (C=O) groups excluding carboxylic acids is 3. The summed E-state index contributed by atoms with van der Waals surface area (Å²) in [5.41, 5.74) is 1.85. The second-order valence-electron chi connectivity index (χ2n) is 16.6. The van der Waals surface area contributed by atoms with Gasteiger partial charge in [0.05, 0.1) is 12.0 Å². The molecule has 3 amide bonds. The van der Waals surface area contributed by atoms with E-state index < -0.39 is 17.7 Å². The van der Waals surface area contributed by atoms with Crippen molar-refractivity contribution in [1.29, 1.82) is 0 Å². The van der Waals surface area contributed by atoms with Crippen LogP contribution in [0.1, 0.15) is 103 Å². The Morgan fingerprint density at radius 3 is 2.16 bits per heavy atom. The van der Waals surface area contributed by atoms with Crippen molar-refractivity contribution < 1.29 is 19.1 Å². The molecule has 0 bridgehead atoms. The van der Waals surface area contributed by atoms with Crippen LogP contribution in [-0.2, 0) is 33.7 Å². The van der Waals surface area contributed by atoms with Crippen LogP contribution < -0.4 is 10.6 Å². The highest BCUT2D eigenvalue weighted by molar-refractivity contribution is 6.30. The number of carbonyl (C=O) groups is 3. The molecule has 49 heavy (non-hydrogen) atoms. The summed E-state index contributed by atoms with van der Waals surface area (Å²) < 4.78 is 5.78. The zero-order chi connectivity index (χ0) is 35.4. The van der Waals surface area contributed by atoms with Crippen LogP contribution in [0.15, 0.2) is 48.5 Å². The van der Waals surface area contributed by atoms with Gasteiger partial charge < -0.3 is 20.3 Å². The molecule has 268 valence electrons. The fourth-order valence-corrected chi connectivity index (χ4v) is 8.15. The molecule has 2 N–H and O–H groups in total. The molecule has 3 aliphatic rings. The molecule has 0 unspecified atom stereocenters. The number of piperidine rings is 1. The van der Waals surface area contributed by atoms with Gasteiger partial charge in [-0.25, -0.2) is 4.79 Å². The molecule has 2 atom stereocenters. The van der Waals surface area contributed by atoms with Crippen molar-refractivity contribution >= 4 is 29.5 Å². The molecular formula is C40H57ClN4O4. The van der Waals surface area contributed by atoms with Crippen molar-refractivity contribution in [1.82, 2.24) is 20.4 Å². The summed E-state index contributed by atoms with van der Waals surface area (Å²) in [6.07, 6.45) is 8.06. The lowest BCUT2D eigenvalue weighted by Crippen LogP contribution is -2.59. The van der Waals surface area contributed by atoms with Gasteiger partial charge in [0.25, 0.3) is 0 Å². The first-order valence-corrected chi connectivity index (χ1v) is 18.7. The van der Waals surface area contributed by atoms with E-state index in [1.54, 1.807) is 4.90 Å². The maximum Gasteiger partial charge on any atom is 0.411 e. The highest BCUT2D eigenvalue weighted by atomic mass is 35.5. The zero-order valence-electron chi connectivity index (χ0n) is 30.4. The van der Waals surface area contributed by atoms with Gasteiger partial charge in [0.2, 0.25) is 11.8 Å². The third-order valence-electron chi connectivity index (χ3n) is 10.5. The van der Waals surface area contributed by atoms with E-state index in [9.17, 15) is 14.4 Å². The van der Waals surface area contributed by atoms with Crippen LogP contribution in [0.5, 0.6) is 0 Å². The van der Waals surface area contributed by atoms with Gasteiger partial charge in [-0.15, -0.1) is 0 Å². The summed E-state index contributed by atoms with van der Waals surface area (Å²) in [6, 6.07) is 14.9. The Hall–Kier alpha value is -3.10. The third kappa shape index (κ3) is 9.78. The van der Waals surface area contributed by atoms with E-state index in [0.717, 1.165) is 55.5 Å². The first-order valence-electron chi connectivity index (χ1n) is 18.3. The van der Waals surface area contributed by atoms with Crippen LogP contribution in [0, 0.1) is 11.3 Å². The molecule has 9 heteroatoms. The first kappa shape index (κ1) is 37.2. The van der Waals surface area contributed by atoms with Crippen LogP contribution in [0.25, 0.3) is 0 Å². The quantitative estimate of drug-likeness (QED) is 0.303. The van der Waals surface area contributed by atoms with Gasteiger partial charge in [-0.05, 0) is 121 Å². The normalized spacial score (nSPS) is 21.0. The number of amides is 3. The molecule has 1 saturated carbocycles. The Morgan fingerprint density at radius 2 is 1.55 bits per heavy atom. The van der Waals surface area contributed by atoms with Crippen LogP contribution in [0.3, 0.4) is 0 Å². The van der Waals surface area contributed by atoms with E-state index in [0.29, 0.717) is 36.9 Å². The smallest absolute Gasteiger partial charge is 0.411 e. The molecule has 2 aromatic carbocycles. The molecule has 1 aliphatic carbocycles. The SMILES string of the molecule is CC(C)(C)NC(=O)C1(C2CCCCC2)CCN(C[C@H](Cc2ccc(Cl)cc2)NC(=O)[C@H]2Cc3ccccc3CN2C(=O)OC(C)(C)C)CC1. The van der Waals surface area contributed by atoms with Crippen molar-refractivity contribution in [3.05, 3.63) is 70.2 Å². The van der Waals surface area contributed by atoms with Gasteiger partial charge in [-0.3, -0.25) is 14.5 Å². The molecule has 2 aliphatic heterocycles. The molecule has 8 nitrogen and oxygen atoms in total. The average Bonchev–Trinajstić information content (AvgIpc) is 3.04. The highest BCUT2D eigenvalue weighted by Gasteiger charge is 2.48. The summed E-state index contributed by atoms with van der Waals surface area (Å²) in [6.45, 7) is 14.3. The Bertz CT molecular complexity index is 1450. The highest BCUT2D eigenvalue weighted by Crippen LogP contribution is 2.46. The number of rotatable bonds is 8. The fourth-order valence-electron chi connectivity index (χ4n) is 8.02. The van der Waals surface area contributed by atoms with Gasteiger partial charge in [-0.2, -0.15) is 0 Å². The van der Waals surface area contributed by atoms with E-state index in [-0.39, 0.29) is 28.8 Å². The minimum Gasteiger partial charge on any atom is -0.444 e. The Kier molecular flexibility index (Phi) is 11.7. The Labute approximate surface area is 298 Å². The Balaban J connectivity index is 1.35. The number of nitrogens with zero attached hydrogens (tertiary/aromatic N) is 2. The van der Waals surface area contributed by atoms with E-state index in [1.165, 1.54) is 19.3 Å². The van der Waals surface area contributed by atoms with Crippen molar-refractivity contribution in [2.45, 2.75) is 129 Å². The van der Waals surface area contributed by atoms with Gasteiger partial charge in [-0.1, -0.05) is 67.3 Å². The predicted molar refractivity (Wildman–Crippen MR) is 195 cm³/mol. The molecule has 2 aromatic rings. The van der Waals surface area contributed by atoms with Gasteiger partial charge in [0.15, 0.2) is 0 Å². The molecule has 2 fully saturated rings. The lowest BCUT2D eigenvalue weighted by molar-refractivity contribution is -0.141. The maximum atomic E-state index is 14.3. The van der Waals surface area contributed by atoms with Gasteiger partial charge in [0, 0.05) is 29.6 Å². The lowest BCUT2D eigenvalue weighted by Gasteiger charge is -2.48. The number of benzene rings is 2. The number of nitrogens with one attached hydrogen (secondary N) is 2. The molecule has 0 radical (unpaired) electrons. The van der Waals surface area contributed by atoms with Crippen molar-refractivity contribution in [2.24, 2.45) is 11.3 Å². The minimum atomic E-state index is -0.695. The number of likely N-dealkylation sites (tertiary alicyclic amines) is 1. The summed E-state index contributed by atoms with van der Waals surface area (Å²) in [4.78, 5) is 45.7. The van der Waals surface area contributed by atoms with Crippen LogP contribution in [-0.4, -0.2) is 70.6 Å². The molecule has 2 heterocycles. The second-order valence-corrected chi connectivity index (χ2v) is 17.1. The number of halogens is 1. The predicted octanol–water partition coefficient (Wildman–Crippen LogP) is 7.31.